The molecule has 0 fully saturated rings. The summed E-state index contributed by atoms with van der Waals surface area (Å²) >= 11 is 1.82. The third-order valence-electron chi connectivity index (χ3n) is 2.89. The highest BCUT2D eigenvalue weighted by atomic mass is 32.2. The zero-order chi connectivity index (χ0) is 13.5. The van der Waals surface area contributed by atoms with Gasteiger partial charge in [0.25, 0.3) is 0 Å². The van der Waals surface area contributed by atoms with E-state index in [4.69, 9.17) is 5.73 Å². The van der Waals surface area contributed by atoms with Crippen molar-refractivity contribution in [2.24, 2.45) is 5.73 Å². The molecule has 0 unspecified atom stereocenters. The van der Waals surface area contributed by atoms with E-state index in [1.807, 2.05) is 11.8 Å². The first kappa shape index (κ1) is 13.9. The van der Waals surface area contributed by atoms with Crippen LogP contribution in [0.2, 0.25) is 0 Å². The molecule has 2 aromatic carbocycles. The lowest BCUT2D eigenvalue weighted by Crippen LogP contribution is -2.31. The second-order valence-electron chi connectivity index (χ2n) is 4.24. The van der Waals surface area contributed by atoms with Gasteiger partial charge < -0.3 is 11.1 Å². The summed E-state index contributed by atoms with van der Waals surface area (Å²) in [4.78, 5) is 11.0. The van der Waals surface area contributed by atoms with E-state index in [2.05, 4.69) is 47.8 Å². The minimum atomic E-state index is -0.0919. The number of fused-ring (bicyclic) bond motifs is 1. The standard InChI is InChI=1S/C15H18N2OS/c16-10-15(18)17-8-9-19-11-13-6-3-5-12-4-1-2-7-14(12)13/h1-7H,8-11,16H2,(H,17,18). The van der Waals surface area contributed by atoms with Gasteiger partial charge in [-0.2, -0.15) is 11.8 Å². The van der Waals surface area contributed by atoms with Crippen molar-refractivity contribution in [2.45, 2.75) is 5.75 Å². The first-order chi connectivity index (χ1) is 9.31. The highest BCUT2D eigenvalue weighted by molar-refractivity contribution is 7.98. The predicted octanol–water partition coefficient (Wildman–Crippen LogP) is 2.15. The number of nitrogens with one attached hydrogen (secondary N) is 1. The number of thioether (sulfide) groups is 1. The molecule has 0 atom stereocenters. The van der Waals surface area contributed by atoms with Crippen LogP contribution in [0.15, 0.2) is 42.5 Å². The Hall–Kier alpha value is -1.52. The van der Waals surface area contributed by atoms with E-state index in [0.717, 1.165) is 11.5 Å². The van der Waals surface area contributed by atoms with E-state index >= 15 is 0 Å². The Morgan fingerprint density at radius 3 is 2.79 bits per heavy atom. The second-order valence-corrected chi connectivity index (χ2v) is 5.35. The predicted molar refractivity (Wildman–Crippen MR) is 82.2 cm³/mol. The molecular weight excluding hydrogens is 256 g/mol. The zero-order valence-corrected chi connectivity index (χ0v) is 11.6. The number of hydrogen-bond donors (Lipinski definition) is 2. The number of carbonyl (C=O) groups is 1. The fourth-order valence-corrected chi connectivity index (χ4v) is 2.80. The van der Waals surface area contributed by atoms with E-state index in [-0.39, 0.29) is 12.5 Å². The number of nitrogens with two attached hydrogens (primary N) is 1. The van der Waals surface area contributed by atoms with Crippen LogP contribution in [-0.2, 0) is 10.5 Å². The van der Waals surface area contributed by atoms with Crippen molar-refractivity contribution >= 4 is 28.4 Å². The molecule has 2 aromatic rings. The Morgan fingerprint density at radius 2 is 1.95 bits per heavy atom. The molecule has 0 spiro atoms. The molecule has 100 valence electrons. The van der Waals surface area contributed by atoms with Crippen molar-refractivity contribution in [2.75, 3.05) is 18.8 Å². The highest BCUT2D eigenvalue weighted by Gasteiger charge is 2.01. The summed E-state index contributed by atoms with van der Waals surface area (Å²) in [5, 5.41) is 5.35. The Kier molecular flexibility index (Phi) is 5.24. The summed E-state index contributed by atoms with van der Waals surface area (Å²) in [5.74, 6) is 1.76. The van der Waals surface area contributed by atoms with Crippen molar-refractivity contribution in [3.63, 3.8) is 0 Å². The van der Waals surface area contributed by atoms with Gasteiger partial charge in [0.1, 0.15) is 0 Å². The number of hydrogen-bond acceptors (Lipinski definition) is 3. The molecule has 3 N–H and O–H groups in total. The monoisotopic (exact) mass is 274 g/mol. The first-order valence-corrected chi connectivity index (χ1v) is 7.48. The largest absolute Gasteiger partial charge is 0.354 e. The average Bonchev–Trinajstić information content (AvgIpc) is 2.46. The molecule has 0 bridgehead atoms. The van der Waals surface area contributed by atoms with Crippen LogP contribution in [0.5, 0.6) is 0 Å². The molecule has 0 heterocycles. The molecule has 0 aliphatic heterocycles. The summed E-state index contributed by atoms with van der Waals surface area (Å²) in [7, 11) is 0. The number of amides is 1. The fourth-order valence-electron chi connectivity index (χ4n) is 1.94. The number of carbonyl (C=O) groups excluding carboxylic acids is 1. The molecule has 0 aliphatic carbocycles. The van der Waals surface area contributed by atoms with Crippen molar-refractivity contribution in [1.29, 1.82) is 0 Å². The maximum atomic E-state index is 11.0. The van der Waals surface area contributed by atoms with Crippen molar-refractivity contribution in [1.82, 2.24) is 5.32 Å². The molecule has 0 radical (unpaired) electrons. The van der Waals surface area contributed by atoms with Crippen LogP contribution in [0, 0.1) is 0 Å². The molecule has 19 heavy (non-hydrogen) atoms. The number of rotatable bonds is 6. The summed E-state index contributed by atoms with van der Waals surface area (Å²) in [6, 6.07) is 14.8. The SMILES string of the molecule is NCC(=O)NCCSCc1cccc2ccccc12. The van der Waals surface area contributed by atoms with E-state index in [9.17, 15) is 4.79 Å². The van der Waals surface area contributed by atoms with Crippen LogP contribution in [0.3, 0.4) is 0 Å². The summed E-state index contributed by atoms with van der Waals surface area (Å²) in [5.41, 5.74) is 6.56. The van der Waals surface area contributed by atoms with Crippen LogP contribution < -0.4 is 11.1 Å². The molecular formula is C15H18N2OS. The van der Waals surface area contributed by atoms with Gasteiger partial charge in [0.05, 0.1) is 6.54 Å². The Labute approximate surface area is 117 Å². The maximum absolute atomic E-state index is 11.0. The summed E-state index contributed by atoms with van der Waals surface area (Å²) in [6.07, 6.45) is 0. The van der Waals surface area contributed by atoms with Gasteiger partial charge in [0.15, 0.2) is 0 Å². The lowest BCUT2D eigenvalue weighted by molar-refractivity contribution is -0.119. The smallest absolute Gasteiger partial charge is 0.233 e. The van der Waals surface area contributed by atoms with Crippen LogP contribution in [0.25, 0.3) is 10.8 Å². The van der Waals surface area contributed by atoms with E-state index in [0.29, 0.717) is 6.54 Å². The van der Waals surface area contributed by atoms with Crippen LogP contribution in [0.1, 0.15) is 5.56 Å². The summed E-state index contributed by atoms with van der Waals surface area (Å²) in [6.45, 7) is 0.736. The molecule has 1 amide bonds. The normalized spacial score (nSPS) is 10.6. The molecule has 0 aliphatic rings. The van der Waals surface area contributed by atoms with E-state index in [1.54, 1.807) is 0 Å². The third kappa shape index (κ3) is 3.98. The van der Waals surface area contributed by atoms with Gasteiger partial charge in [-0.1, -0.05) is 42.5 Å². The Balaban J connectivity index is 1.86. The molecule has 0 saturated heterocycles. The Morgan fingerprint density at radius 1 is 1.16 bits per heavy atom. The van der Waals surface area contributed by atoms with Crippen molar-refractivity contribution < 1.29 is 4.79 Å². The topological polar surface area (TPSA) is 55.1 Å². The maximum Gasteiger partial charge on any atom is 0.233 e. The molecule has 2 rings (SSSR count). The van der Waals surface area contributed by atoms with Gasteiger partial charge in [-0.15, -0.1) is 0 Å². The quantitative estimate of drug-likeness (QED) is 0.794. The molecule has 0 saturated carbocycles. The van der Waals surface area contributed by atoms with Crippen LogP contribution >= 0.6 is 11.8 Å². The van der Waals surface area contributed by atoms with E-state index < -0.39 is 0 Å². The fraction of sp³-hybridized carbons (Fsp3) is 0.267. The van der Waals surface area contributed by atoms with Gasteiger partial charge in [0.2, 0.25) is 5.91 Å². The molecule has 4 heteroatoms. The van der Waals surface area contributed by atoms with Crippen molar-refractivity contribution in [3.8, 4) is 0 Å². The zero-order valence-electron chi connectivity index (χ0n) is 10.8. The lowest BCUT2D eigenvalue weighted by Gasteiger charge is -2.07. The first-order valence-electron chi connectivity index (χ1n) is 6.32. The minimum Gasteiger partial charge on any atom is -0.354 e. The van der Waals surface area contributed by atoms with Gasteiger partial charge in [0, 0.05) is 18.1 Å². The third-order valence-corrected chi connectivity index (χ3v) is 3.90. The molecule has 0 aromatic heterocycles. The van der Waals surface area contributed by atoms with E-state index in [1.165, 1.54) is 16.3 Å². The van der Waals surface area contributed by atoms with Gasteiger partial charge in [-0.25, -0.2) is 0 Å². The Bertz CT molecular complexity index is 551. The van der Waals surface area contributed by atoms with Crippen molar-refractivity contribution in [3.05, 3.63) is 48.0 Å². The van der Waals surface area contributed by atoms with Crippen LogP contribution in [0.4, 0.5) is 0 Å². The number of benzene rings is 2. The average molecular weight is 274 g/mol. The van der Waals surface area contributed by atoms with Crippen LogP contribution in [-0.4, -0.2) is 24.7 Å². The summed E-state index contributed by atoms with van der Waals surface area (Å²) < 4.78 is 0. The minimum absolute atomic E-state index is 0.0635. The highest BCUT2D eigenvalue weighted by Crippen LogP contribution is 2.22. The van der Waals surface area contributed by atoms with Gasteiger partial charge >= 0.3 is 0 Å². The lowest BCUT2D eigenvalue weighted by atomic mass is 10.1. The second kappa shape index (κ2) is 7.16. The van der Waals surface area contributed by atoms with Gasteiger partial charge in [-0.3, -0.25) is 4.79 Å². The van der Waals surface area contributed by atoms with Gasteiger partial charge in [-0.05, 0) is 16.3 Å². The molecule has 3 nitrogen and oxygen atoms in total.